The highest BCUT2D eigenvalue weighted by molar-refractivity contribution is 6.31. The highest BCUT2D eigenvalue weighted by Crippen LogP contribution is 2.13. The van der Waals surface area contributed by atoms with Crippen molar-refractivity contribution in [2.45, 2.75) is 13.0 Å². The van der Waals surface area contributed by atoms with E-state index in [9.17, 15) is 14.4 Å². The van der Waals surface area contributed by atoms with E-state index in [0.717, 1.165) is 4.57 Å². The first-order chi connectivity index (χ1) is 8.49. The Hall–Kier alpha value is -2.08. The van der Waals surface area contributed by atoms with Crippen LogP contribution in [0.1, 0.15) is 6.42 Å². The van der Waals surface area contributed by atoms with Crippen LogP contribution < -0.4 is 11.2 Å². The fraction of sp³-hybridized carbons (Fsp3) is 0.182. The summed E-state index contributed by atoms with van der Waals surface area (Å²) >= 11 is 5.78. The zero-order chi connectivity index (χ0) is 13.3. The summed E-state index contributed by atoms with van der Waals surface area (Å²) in [4.78, 5) is 36.6. The average Bonchev–Trinajstić information content (AvgIpc) is 2.30. The second-order valence-electron chi connectivity index (χ2n) is 3.72. The highest BCUT2D eigenvalue weighted by atomic mass is 35.5. The molecular weight excluding hydrogens is 260 g/mol. The number of rotatable bonds is 3. The van der Waals surface area contributed by atoms with Crippen molar-refractivity contribution in [2.24, 2.45) is 0 Å². The molecule has 0 aliphatic heterocycles. The van der Waals surface area contributed by atoms with E-state index in [1.165, 1.54) is 12.1 Å². The lowest BCUT2D eigenvalue weighted by Gasteiger charge is -2.04. The predicted octanol–water partition coefficient (Wildman–Crippen LogP) is 0.818. The minimum atomic E-state index is -1.08. The first kappa shape index (κ1) is 12.4. The highest BCUT2D eigenvalue weighted by Gasteiger charge is 2.09. The van der Waals surface area contributed by atoms with E-state index >= 15 is 0 Å². The second kappa shape index (κ2) is 4.66. The number of carboxylic acid groups (broad SMARTS) is 1. The SMILES string of the molecule is O=C(O)CCn1c(=O)[nH]c2ccc(Cl)cc2c1=O. The van der Waals surface area contributed by atoms with E-state index in [-0.39, 0.29) is 18.4 Å². The summed E-state index contributed by atoms with van der Waals surface area (Å²) in [6.07, 6.45) is -0.297. The number of H-pyrrole nitrogens is 1. The van der Waals surface area contributed by atoms with E-state index in [0.29, 0.717) is 10.5 Å². The Morgan fingerprint density at radius 2 is 2.11 bits per heavy atom. The smallest absolute Gasteiger partial charge is 0.328 e. The van der Waals surface area contributed by atoms with Gasteiger partial charge in [-0.15, -0.1) is 0 Å². The number of carbonyl (C=O) groups is 1. The van der Waals surface area contributed by atoms with Crippen LogP contribution in [0.4, 0.5) is 0 Å². The van der Waals surface area contributed by atoms with Crippen LogP contribution in [0.2, 0.25) is 5.02 Å². The molecule has 94 valence electrons. The fourth-order valence-electron chi connectivity index (χ4n) is 1.63. The molecule has 2 aromatic rings. The molecule has 0 atom stereocenters. The molecule has 0 radical (unpaired) electrons. The third kappa shape index (κ3) is 2.28. The average molecular weight is 269 g/mol. The van der Waals surface area contributed by atoms with Crippen LogP contribution in [0.5, 0.6) is 0 Å². The second-order valence-corrected chi connectivity index (χ2v) is 4.16. The molecule has 18 heavy (non-hydrogen) atoms. The molecule has 0 saturated heterocycles. The van der Waals surface area contributed by atoms with Gasteiger partial charge in [-0.25, -0.2) is 4.79 Å². The topological polar surface area (TPSA) is 92.2 Å². The number of fused-ring (bicyclic) bond motifs is 1. The van der Waals surface area contributed by atoms with Gasteiger partial charge in [0.15, 0.2) is 0 Å². The number of halogens is 1. The maximum Gasteiger partial charge on any atom is 0.328 e. The van der Waals surface area contributed by atoms with Gasteiger partial charge in [-0.05, 0) is 18.2 Å². The third-order valence-electron chi connectivity index (χ3n) is 2.49. The maximum atomic E-state index is 12.0. The normalized spacial score (nSPS) is 10.7. The Bertz CT molecular complexity index is 732. The molecule has 0 aliphatic carbocycles. The van der Waals surface area contributed by atoms with Crippen LogP contribution in [0.3, 0.4) is 0 Å². The van der Waals surface area contributed by atoms with Crippen molar-refractivity contribution < 1.29 is 9.90 Å². The van der Waals surface area contributed by atoms with Crippen molar-refractivity contribution >= 4 is 28.5 Å². The quantitative estimate of drug-likeness (QED) is 0.862. The molecule has 0 amide bonds. The first-order valence-corrected chi connectivity index (χ1v) is 5.51. The molecule has 7 heteroatoms. The van der Waals surface area contributed by atoms with E-state index in [4.69, 9.17) is 16.7 Å². The van der Waals surface area contributed by atoms with E-state index in [2.05, 4.69) is 4.98 Å². The van der Waals surface area contributed by atoms with Gasteiger partial charge in [-0.2, -0.15) is 0 Å². The summed E-state index contributed by atoms with van der Waals surface area (Å²) in [6.45, 7) is -0.175. The van der Waals surface area contributed by atoms with E-state index in [1.54, 1.807) is 6.07 Å². The molecule has 0 fully saturated rings. The number of carboxylic acids is 1. The molecule has 0 spiro atoms. The molecular formula is C11H9ClN2O4. The predicted molar refractivity (Wildman–Crippen MR) is 66.1 cm³/mol. The van der Waals surface area contributed by atoms with Gasteiger partial charge in [0.25, 0.3) is 5.56 Å². The lowest BCUT2D eigenvalue weighted by Crippen LogP contribution is -2.35. The Balaban J connectivity index is 2.64. The monoisotopic (exact) mass is 268 g/mol. The zero-order valence-electron chi connectivity index (χ0n) is 9.14. The van der Waals surface area contributed by atoms with Crippen molar-refractivity contribution in [3.8, 4) is 0 Å². The molecule has 0 aliphatic rings. The van der Waals surface area contributed by atoms with Gasteiger partial charge in [0.2, 0.25) is 0 Å². The van der Waals surface area contributed by atoms with Gasteiger partial charge >= 0.3 is 11.7 Å². The minimum absolute atomic E-state index is 0.175. The van der Waals surface area contributed by atoms with Crippen molar-refractivity contribution in [3.63, 3.8) is 0 Å². The number of nitrogens with zero attached hydrogens (tertiary/aromatic N) is 1. The van der Waals surface area contributed by atoms with Crippen LogP contribution in [0, 0.1) is 0 Å². The van der Waals surface area contributed by atoms with Crippen molar-refractivity contribution in [2.75, 3.05) is 0 Å². The van der Waals surface area contributed by atoms with Gasteiger partial charge in [0, 0.05) is 11.6 Å². The minimum Gasteiger partial charge on any atom is -0.481 e. The lowest BCUT2D eigenvalue weighted by atomic mass is 10.2. The largest absolute Gasteiger partial charge is 0.481 e. The lowest BCUT2D eigenvalue weighted by molar-refractivity contribution is -0.137. The Morgan fingerprint density at radius 3 is 2.78 bits per heavy atom. The summed E-state index contributed by atoms with van der Waals surface area (Å²) < 4.78 is 0.854. The number of nitrogens with one attached hydrogen (secondary N) is 1. The first-order valence-electron chi connectivity index (χ1n) is 5.13. The van der Waals surface area contributed by atoms with Gasteiger partial charge in [-0.3, -0.25) is 14.2 Å². The molecule has 0 unspecified atom stereocenters. The van der Waals surface area contributed by atoms with Crippen LogP contribution in [0.15, 0.2) is 27.8 Å². The molecule has 1 aromatic heterocycles. The van der Waals surface area contributed by atoms with Crippen LogP contribution in [-0.4, -0.2) is 20.6 Å². The third-order valence-corrected chi connectivity index (χ3v) is 2.73. The van der Waals surface area contributed by atoms with Crippen LogP contribution in [0.25, 0.3) is 10.9 Å². The molecule has 2 rings (SSSR count). The molecule has 0 bridgehead atoms. The van der Waals surface area contributed by atoms with Crippen LogP contribution >= 0.6 is 11.6 Å². The van der Waals surface area contributed by atoms with Crippen molar-refractivity contribution in [3.05, 3.63) is 44.1 Å². The molecule has 0 saturated carbocycles. The number of hydrogen-bond donors (Lipinski definition) is 2. The molecule has 1 heterocycles. The number of hydrogen-bond acceptors (Lipinski definition) is 3. The number of aromatic nitrogens is 2. The Labute approximate surface area is 105 Å². The number of aliphatic carboxylic acids is 1. The zero-order valence-corrected chi connectivity index (χ0v) is 9.90. The Kier molecular flexibility index (Phi) is 3.20. The summed E-state index contributed by atoms with van der Waals surface area (Å²) in [5.41, 5.74) is -0.797. The summed E-state index contributed by atoms with van der Waals surface area (Å²) in [5, 5.41) is 9.19. The van der Waals surface area contributed by atoms with Crippen molar-refractivity contribution in [1.82, 2.24) is 9.55 Å². The van der Waals surface area contributed by atoms with E-state index in [1.807, 2.05) is 0 Å². The van der Waals surface area contributed by atoms with Gasteiger partial charge in [0.1, 0.15) is 0 Å². The maximum absolute atomic E-state index is 12.0. The number of benzene rings is 1. The molecule has 2 N–H and O–H groups in total. The number of aromatic amines is 1. The summed E-state index contributed by atoms with van der Waals surface area (Å²) in [5.74, 6) is -1.08. The Morgan fingerprint density at radius 1 is 1.39 bits per heavy atom. The van der Waals surface area contributed by atoms with Gasteiger partial charge in [-0.1, -0.05) is 11.6 Å². The van der Waals surface area contributed by atoms with Crippen molar-refractivity contribution in [1.29, 1.82) is 0 Å². The summed E-state index contributed by atoms with van der Waals surface area (Å²) in [7, 11) is 0. The standard InChI is InChI=1S/C11H9ClN2O4/c12-6-1-2-8-7(5-6)10(17)14(11(18)13-8)4-3-9(15)16/h1-2,5H,3-4H2,(H,13,18)(H,15,16). The van der Waals surface area contributed by atoms with Crippen LogP contribution in [-0.2, 0) is 11.3 Å². The molecule has 1 aromatic carbocycles. The van der Waals surface area contributed by atoms with Gasteiger partial charge in [0.05, 0.1) is 17.3 Å². The van der Waals surface area contributed by atoms with E-state index < -0.39 is 17.2 Å². The fourth-order valence-corrected chi connectivity index (χ4v) is 1.81. The van der Waals surface area contributed by atoms with Gasteiger partial charge < -0.3 is 10.1 Å². The molecule has 6 nitrogen and oxygen atoms in total. The summed E-state index contributed by atoms with van der Waals surface area (Å²) in [6, 6.07) is 4.52.